The standard InChI is InChI=1S/C21H24N2O4/c1-3-12-22-21(25)19-13-23(16-9-5-7-11-18(16)27-19)20(24)14-26-17-10-6-4-8-15(17)2/h4-11,19H,3,12-14H2,1-2H3,(H,22,25)/t19-/m1/s1. The van der Waals surface area contributed by atoms with Crippen LogP contribution < -0.4 is 19.7 Å². The first-order valence-electron chi connectivity index (χ1n) is 9.12. The van der Waals surface area contributed by atoms with Crippen LogP contribution in [0, 0.1) is 6.92 Å². The number of ether oxygens (including phenoxy) is 2. The van der Waals surface area contributed by atoms with Gasteiger partial charge in [0.2, 0.25) is 0 Å². The summed E-state index contributed by atoms with van der Waals surface area (Å²) in [6, 6.07) is 14.8. The smallest absolute Gasteiger partial charge is 0.265 e. The minimum Gasteiger partial charge on any atom is -0.483 e. The molecule has 2 amide bonds. The lowest BCUT2D eigenvalue weighted by molar-refractivity contribution is -0.128. The van der Waals surface area contributed by atoms with E-state index in [1.807, 2.05) is 50.2 Å². The van der Waals surface area contributed by atoms with Crippen molar-refractivity contribution in [3.8, 4) is 11.5 Å². The van der Waals surface area contributed by atoms with E-state index in [1.165, 1.54) is 0 Å². The number of nitrogens with zero attached hydrogens (tertiary/aromatic N) is 1. The Labute approximate surface area is 159 Å². The highest BCUT2D eigenvalue weighted by atomic mass is 16.5. The molecule has 142 valence electrons. The van der Waals surface area contributed by atoms with E-state index in [-0.39, 0.29) is 25.0 Å². The Hall–Kier alpha value is -3.02. The van der Waals surface area contributed by atoms with Crippen molar-refractivity contribution in [3.63, 3.8) is 0 Å². The number of rotatable bonds is 6. The number of anilines is 1. The van der Waals surface area contributed by atoms with Crippen molar-refractivity contribution in [2.45, 2.75) is 26.4 Å². The molecule has 1 aliphatic rings. The second kappa shape index (κ2) is 8.58. The molecule has 27 heavy (non-hydrogen) atoms. The maximum atomic E-state index is 12.8. The zero-order valence-electron chi connectivity index (χ0n) is 15.6. The number of amides is 2. The van der Waals surface area contributed by atoms with Crippen LogP contribution in [0.3, 0.4) is 0 Å². The maximum Gasteiger partial charge on any atom is 0.265 e. The Morgan fingerprint density at radius 3 is 2.70 bits per heavy atom. The van der Waals surface area contributed by atoms with Gasteiger partial charge in [0.15, 0.2) is 12.7 Å². The minimum absolute atomic E-state index is 0.109. The lowest BCUT2D eigenvalue weighted by Gasteiger charge is -2.34. The number of carbonyl (C=O) groups is 2. The molecule has 1 atom stereocenters. The quantitative estimate of drug-likeness (QED) is 0.851. The molecular formula is C21H24N2O4. The summed E-state index contributed by atoms with van der Waals surface area (Å²) in [5.74, 6) is 0.751. The SMILES string of the molecule is CCCNC(=O)[C@H]1CN(C(=O)COc2ccccc2C)c2ccccc2O1. The third kappa shape index (κ3) is 4.39. The molecule has 0 bridgehead atoms. The van der Waals surface area contributed by atoms with Crippen LogP contribution in [0.1, 0.15) is 18.9 Å². The fraction of sp³-hybridized carbons (Fsp3) is 0.333. The van der Waals surface area contributed by atoms with Crippen molar-refractivity contribution in [2.75, 3.05) is 24.6 Å². The zero-order valence-corrected chi connectivity index (χ0v) is 15.6. The van der Waals surface area contributed by atoms with Crippen molar-refractivity contribution in [1.29, 1.82) is 0 Å². The van der Waals surface area contributed by atoms with Gasteiger partial charge in [-0.15, -0.1) is 0 Å². The topological polar surface area (TPSA) is 67.9 Å². The summed E-state index contributed by atoms with van der Waals surface area (Å²) in [4.78, 5) is 26.8. The van der Waals surface area contributed by atoms with Crippen LogP contribution in [0.25, 0.3) is 0 Å². The molecule has 3 rings (SSSR count). The third-order valence-electron chi connectivity index (χ3n) is 4.36. The first-order chi connectivity index (χ1) is 13.1. The van der Waals surface area contributed by atoms with Crippen LogP contribution in [-0.4, -0.2) is 37.6 Å². The highest BCUT2D eigenvalue weighted by molar-refractivity contribution is 5.98. The van der Waals surface area contributed by atoms with Gasteiger partial charge in [-0.1, -0.05) is 37.3 Å². The molecular weight excluding hydrogens is 344 g/mol. The van der Waals surface area contributed by atoms with E-state index >= 15 is 0 Å². The maximum absolute atomic E-state index is 12.8. The molecule has 0 radical (unpaired) electrons. The predicted molar refractivity (Wildman–Crippen MR) is 103 cm³/mol. The van der Waals surface area contributed by atoms with E-state index in [0.29, 0.717) is 23.7 Å². The van der Waals surface area contributed by atoms with Crippen LogP contribution in [0.4, 0.5) is 5.69 Å². The van der Waals surface area contributed by atoms with E-state index in [0.717, 1.165) is 12.0 Å². The number of fused-ring (bicyclic) bond motifs is 1. The number of hydrogen-bond donors (Lipinski definition) is 1. The summed E-state index contributed by atoms with van der Waals surface area (Å²) in [7, 11) is 0. The fourth-order valence-electron chi connectivity index (χ4n) is 2.90. The summed E-state index contributed by atoms with van der Waals surface area (Å²) in [6.07, 6.45) is 0.0935. The van der Waals surface area contributed by atoms with Crippen molar-refractivity contribution in [3.05, 3.63) is 54.1 Å². The Kier molecular flexibility index (Phi) is 5.96. The van der Waals surface area contributed by atoms with Crippen molar-refractivity contribution >= 4 is 17.5 Å². The molecule has 6 nitrogen and oxygen atoms in total. The van der Waals surface area contributed by atoms with Gasteiger partial charge in [-0.25, -0.2) is 0 Å². The van der Waals surface area contributed by atoms with Gasteiger partial charge in [-0.3, -0.25) is 9.59 Å². The molecule has 2 aromatic rings. The number of para-hydroxylation sites is 3. The van der Waals surface area contributed by atoms with E-state index in [1.54, 1.807) is 17.0 Å². The summed E-state index contributed by atoms with van der Waals surface area (Å²) in [6.45, 7) is 4.53. The van der Waals surface area contributed by atoms with Gasteiger partial charge in [-0.05, 0) is 37.1 Å². The van der Waals surface area contributed by atoms with Crippen LogP contribution in [0.2, 0.25) is 0 Å². The van der Waals surface area contributed by atoms with Gasteiger partial charge in [0.1, 0.15) is 11.5 Å². The number of benzene rings is 2. The molecule has 0 aromatic heterocycles. The Bertz CT molecular complexity index is 821. The molecule has 0 fully saturated rings. The second-order valence-corrected chi connectivity index (χ2v) is 6.42. The average molecular weight is 368 g/mol. The van der Waals surface area contributed by atoms with E-state index in [4.69, 9.17) is 9.47 Å². The lowest BCUT2D eigenvalue weighted by Crippen LogP contribution is -2.51. The average Bonchev–Trinajstić information content (AvgIpc) is 2.70. The minimum atomic E-state index is -0.742. The van der Waals surface area contributed by atoms with Crippen LogP contribution >= 0.6 is 0 Å². The van der Waals surface area contributed by atoms with Crippen molar-refractivity contribution in [2.24, 2.45) is 0 Å². The first kappa shape index (κ1) is 18.8. The molecule has 0 aliphatic carbocycles. The third-order valence-corrected chi connectivity index (χ3v) is 4.36. The normalized spacial score (nSPS) is 15.5. The van der Waals surface area contributed by atoms with Gasteiger partial charge in [0.05, 0.1) is 12.2 Å². The van der Waals surface area contributed by atoms with Crippen molar-refractivity contribution in [1.82, 2.24) is 5.32 Å². The number of carbonyl (C=O) groups excluding carboxylic acids is 2. The van der Waals surface area contributed by atoms with Gasteiger partial charge in [0.25, 0.3) is 11.8 Å². The van der Waals surface area contributed by atoms with Gasteiger partial charge in [0, 0.05) is 6.54 Å². The number of aryl methyl sites for hydroxylation is 1. The van der Waals surface area contributed by atoms with Crippen LogP contribution in [0.5, 0.6) is 11.5 Å². The highest BCUT2D eigenvalue weighted by Gasteiger charge is 2.33. The number of hydrogen-bond acceptors (Lipinski definition) is 4. The van der Waals surface area contributed by atoms with Crippen LogP contribution in [0.15, 0.2) is 48.5 Å². The Morgan fingerprint density at radius 2 is 1.93 bits per heavy atom. The Balaban J connectivity index is 1.74. The molecule has 6 heteroatoms. The van der Waals surface area contributed by atoms with Gasteiger partial charge < -0.3 is 19.7 Å². The summed E-state index contributed by atoms with van der Waals surface area (Å²) in [5.41, 5.74) is 1.61. The lowest BCUT2D eigenvalue weighted by atomic mass is 10.1. The summed E-state index contributed by atoms with van der Waals surface area (Å²) in [5, 5.41) is 2.82. The molecule has 0 saturated heterocycles. The predicted octanol–water partition coefficient (Wildman–Crippen LogP) is 2.69. The molecule has 0 saturated carbocycles. The zero-order chi connectivity index (χ0) is 19.2. The highest BCUT2D eigenvalue weighted by Crippen LogP contribution is 2.33. The summed E-state index contributed by atoms with van der Waals surface area (Å²) >= 11 is 0. The van der Waals surface area contributed by atoms with Gasteiger partial charge >= 0.3 is 0 Å². The first-order valence-corrected chi connectivity index (χ1v) is 9.12. The number of nitrogens with one attached hydrogen (secondary N) is 1. The monoisotopic (exact) mass is 368 g/mol. The largest absolute Gasteiger partial charge is 0.483 e. The van der Waals surface area contributed by atoms with E-state index in [2.05, 4.69) is 5.32 Å². The molecule has 1 aliphatic heterocycles. The van der Waals surface area contributed by atoms with Crippen LogP contribution in [-0.2, 0) is 9.59 Å². The van der Waals surface area contributed by atoms with E-state index < -0.39 is 6.10 Å². The fourth-order valence-corrected chi connectivity index (χ4v) is 2.90. The molecule has 2 aromatic carbocycles. The molecule has 0 unspecified atom stereocenters. The molecule has 1 N–H and O–H groups in total. The van der Waals surface area contributed by atoms with Gasteiger partial charge in [-0.2, -0.15) is 0 Å². The molecule has 0 spiro atoms. The van der Waals surface area contributed by atoms with Crippen molar-refractivity contribution < 1.29 is 19.1 Å². The molecule has 1 heterocycles. The summed E-state index contributed by atoms with van der Waals surface area (Å²) < 4.78 is 11.5. The van der Waals surface area contributed by atoms with E-state index in [9.17, 15) is 9.59 Å². The Morgan fingerprint density at radius 1 is 1.19 bits per heavy atom. The second-order valence-electron chi connectivity index (χ2n) is 6.42.